The summed E-state index contributed by atoms with van der Waals surface area (Å²) in [6, 6.07) is 13.7. The van der Waals surface area contributed by atoms with E-state index in [9.17, 15) is 4.79 Å². The standard InChI is InChI=1S/C21H28N2O3/c1-23(14-13-17-9-12-19(25-2)20(15-17)26-3)21(24)6-4-5-16-7-10-18(22)11-8-16/h7-12,15H,4-6,13-14,22H2,1-3H3. The van der Waals surface area contributed by atoms with E-state index >= 15 is 0 Å². The van der Waals surface area contributed by atoms with Crippen LogP contribution in [-0.2, 0) is 17.6 Å². The van der Waals surface area contributed by atoms with Crippen molar-refractivity contribution in [2.75, 3.05) is 33.5 Å². The van der Waals surface area contributed by atoms with Crippen molar-refractivity contribution in [1.82, 2.24) is 4.90 Å². The van der Waals surface area contributed by atoms with Crippen LogP contribution in [0.3, 0.4) is 0 Å². The smallest absolute Gasteiger partial charge is 0.222 e. The summed E-state index contributed by atoms with van der Waals surface area (Å²) in [6.45, 7) is 0.677. The molecule has 5 heteroatoms. The van der Waals surface area contributed by atoms with E-state index in [1.54, 1.807) is 19.1 Å². The van der Waals surface area contributed by atoms with E-state index in [-0.39, 0.29) is 5.91 Å². The van der Waals surface area contributed by atoms with Crippen LogP contribution >= 0.6 is 0 Å². The number of ether oxygens (including phenoxy) is 2. The second-order valence-electron chi connectivity index (χ2n) is 6.35. The molecule has 0 unspecified atom stereocenters. The van der Waals surface area contributed by atoms with Gasteiger partial charge in [-0.1, -0.05) is 18.2 Å². The predicted molar refractivity (Wildman–Crippen MR) is 105 cm³/mol. The summed E-state index contributed by atoms with van der Waals surface area (Å²) in [5.41, 5.74) is 8.77. The van der Waals surface area contributed by atoms with E-state index in [0.29, 0.717) is 24.5 Å². The van der Waals surface area contributed by atoms with Gasteiger partial charge in [-0.3, -0.25) is 4.79 Å². The Morgan fingerprint density at radius 1 is 0.962 bits per heavy atom. The van der Waals surface area contributed by atoms with Gasteiger partial charge in [-0.15, -0.1) is 0 Å². The van der Waals surface area contributed by atoms with Gasteiger partial charge >= 0.3 is 0 Å². The molecule has 0 atom stereocenters. The molecule has 0 aromatic heterocycles. The Bertz CT molecular complexity index is 714. The predicted octanol–water partition coefficient (Wildman–Crippen LogP) is 3.31. The fraction of sp³-hybridized carbons (Fsp3) is 0.381. The molecule has 5 nitrogen and oxygen atoms in total. The average Bonchev–Trinajstić information content (AvgIpc) is 2.67. The zero-order valence-electron chi connectivity index (χ0n) is 15.8. The molecule has 0 bridgehead atoms. The van der Waals surface area contributed by atoms with Crippen molar-refractivity contribution >= 4 is 11.6 Å². The van der Waals surface area contributed by atoms with E-state index in [1.165, 1.54) is 5.56 Å². The number of anilines is 1. The number of amides is 1. The molecule has 2 aromatic carbocycles. The van der Waals surface area contributed by atoms with Gasteiger partial charge in [0.2, 0.25) is 5.91 Å². The van der Waals surface area contributed by atoms with Gasteiger partial charge in [0.25, 0.3) is 0 Å². The molecule has 0 fully saturated rings. The van der Waals surface area contributed by atoms with Gasteiger partial charge in [0, 0.05) is 25.7 Å². The molecule has 0 heterocycles. The number of rotatable bonds is 9. The summed E-state index contributed by atoms with van der Waals surface area (Å²) in [4.78, 5) is 14.1. The highest BCUT2D eigenvalue weighted by molar-refractivity contribution is 5.75. The molecule has 0 saturated heterocycles. The minimum absolute atomic E-state index is 0.168. The first-order chi connectivity index (χ1) is 12.5. The molecule has 0 aliphatic rings. The summed E-state index contributed by atoms with van der Waals surface area (Å²) in [6.07, 6.45) is 3.05. The normalized spacial score (nSPS) is 10.4. The number of likely N-dealkylation sites (N-methyl/N-ethyl adjacent to an activating group) is 1. The highest BCUT2D eigenvalue weighted by Gasteiger charge is 2.10. The third-order valence-electron chi connectivity index (χ3n) is 4.45. The van der Waals surface area contributed by atoms with E-state index in [0.717, 1.165) is 30.5 Å². The molecule has 26 heavy (non-hydrogen) atoms. The molecular formula is C21H28N2O3. The topological polar surface area (TPSA) is 64.8 Å². The second kappa shape index (κ2) is 9.70. The molecule has 2 N–H and O–H groups in total. The van der Waals surface area contributed by atoms with Gasteiger partial charge in [0.1, 0.15) is 0 Å². The number of hydrogen-bond donors (Lipinski definition) is 1. The zero-order valence-corrected chi connectivity index (χ0v) is 15.8. The lowest BCUT2D eigenvalue weighted by atomic mass is 10.1. The quantitative estimate of drug-likeness (QED) is 0.700. The molecule has 2 aromatic rings. The molecule has 0 aliphatic heterocycles. The molecule has 0 spiro atoms. The van der Waals surface area contributed by atoms with Crippen molar-refractivity contribution in [2.24, 2.45) is 0 Å². The van der Waals surface area contributed by atoms with E-state index in [1.807, 2.05) is 49.5 Å². The van der Waals surface area contributed by atoms with Gasteiger partial charge in [-0.25, -0.2) is 0 Å². The molecule has 0 saturated carbocycles. The van der Waals surface area contributed by atoms with Crippen LogP contribution in [0.5, 0.6) is 11.5 Å². The maximum atomic E-state index is 12.3. The van der Waals surface area contributed by atoms with Gasteiger partial charge in [0.05, 0.1) is 14.2 Å². The summed E-state index contributed by atoms with van der Waals surface area (Å²) in [5, 5.41) is 0. The zero-order chi connectivity index (χ0) is 18.9. The maximum Gasteiger partial charge on any atom is 0.222 e. The molecule has 1 amide bonds. The number of hydrogen-bond acceptors (Lipinski definition) is 4. The summed E-state index contributed by atoms with van der Waals surface area (Å²) < 4.78 is 10.6. The van der Waals surface area contributed by atoms with Crippen LogP contribution in [0.4, 0.5) is 5.69 Å². The van der Waals surface area contributed by atoms with Crippen LogP contribution in [0.15, 0.2) is 42.5 Å². The number of nitrogen functional groups attached to an aromatic ring is 1. The van der Waals surface area contributed by atoms with Crippen LogP contribution in [-0.4, -0.2) is 38.6 Å². The molecule has 0 radical (unpaired) electrons. The molecular weight excluding hydrogens is 328 g/mol. The Kier molecular flexibility index (Phi) is 7.33. The number of benzene rings is 2. The molecule has 140 valence electrons. The van der Waals surface area contributed by atoms with Gasteiger partial charge in [-0.2, -0.15) is 0 Å². The van der Waals surface area contributed by atoms with Gasteiger partial charge < -0.3 is 20.1 Å². The van der Waals surface area contributed by atoms with E-state index in [4.69, 9.17) is 15.2 Å². The summed E-state index contributed by atoms with van der Waals surface area (Å²) in [5.74, 6) is 1.59. The lowest BCUT2D eigenvalue weighted by Crippen LogP contribution is -2.28. The van der Waals surface area contributed by atoms with Crippen molar-refractivity contribution in [1.29, 1.82) is 0 Å². The number of aryl methyl sites for hydroxylation is 1. The Morgan fingerprint density at radius 3 is 2.27 bits per heavy atom. The first-order valence-electron chi connectivity index (χ1n) is 8.82. The Morgan fingerprint density at radius 2 is 1.62 bits per heavy atom. The SMILES string of the molecule is COc1ccc(CCN(C)C(=O)CCCc2ccc(N)cc2)cc1OC. The number of carbonyl (C=O) groups is 1. The van der Waals surface area contributed by atoms with Gasteiger partial charge in [0.15, 0.2) is 11.5 Å². The lowest BCUT2D eigenvalue weighted by molar-refractivity contribution is -0.129. The largest absolute Gasteiger partial charge is 0.493 e. The number of carbonyl (C=O) groups excluding carboxylic acids is 1. The van der Waals surface area contributed by atoms with Crippen LogP contribution in [0, 0.1) is 0 Å². The first kappa shape index (κ1) is 19.6. The van der Waals surface area contributed by atoms with Crippen molar-refractivity contribution < 1.29 is 14.3 Å². The van der Waals surface area contributed by atoms with Gasteiger partial charge in [-0.05, 0) is 54.7 Å². The monoisotopic (exact) mass is 356 g/mol. The van der Waals surface area contributed by atoms with Crippen LogP contribution in [0.1, 0.15) is 24.0 Å². The van der Waals surface area contributed by atoms with Crippen molar-refractivity contribution in [3.63, 3.8) is 0 Å². The first-order valence-corrected chi connectivity index (χ1v) is 8.82. The Balaban J connectivity index is 1.77. The minimum Gasteiger partial charge on any atom is -0.493 e. The lowest BCUT2D eigenvalue weighted by Gasteiger charge is -2.18. The number of nitrogens with zero attached hydrogens (tertiary/aromatic N) is 1. The van der Waals surface area contributed by atoms with Crippen molar-refractivity contribution in [2.45, 2.75) is 25.7 Å². The maximum absolute atomic E-state index is 12.3. The van der Waals surface area contributed by atoms with Crippen LogP contribution in [0.2, 0.25) is 0 Å². The van der Waals surface area contributed by atoms with Crippen molar-refractivity contribution in [3.05, 3.63) is 53.6 Å². The van der Waals surface area contributed by atoms with Crippen molar-refractivity contribution in [3.8, 4) is 11.5 Å². The summed E-state index contributed by atoms with van der Waals surface area (Å²) in [7, 11) is 5.10. The highest BCUT2D eigenvalue weighted by Crippen LogP contribution is 2.27. The highest BCUT2D eigenvalue weighted by atomic mass is 16.5. The second-order valence-corrected chi connectivity index (χ2v) is 6.35. The number of nitrogens with two attached hydrogens (primary N) is 1. The fourth-order valence-corrected chi connectivity index (χ4v) is 2.78. The molecule has 0 aliphatic carbocycles. The Hall–Kier alpha value is -2.69. The van der Waals surface area contributed by atoms with Crippen LogP contribution in [0.25, 0.3) is 0 Å². The van der Waals surface area contributed by atoms with E-state index in [2.05, 4.69) is 0 Å². The Labute approximate surface area is 155 Å². The number of methoxy groups -OCH3 is 2. The summed E-state index contributed by atoms with van der Waals surface area (Å²) >= 11 is 0. The minimum atomic E-state index is 0.168. The third kappa shape index (κ3) is 5.69. The average molecular weight is 356 g/mol. The fourth-order valence-electron chi connectivity index (χ4n) is 2.78. The van der Waals surface area contributed by atoms with E-state index < -0.39 is 0 Å². The molecule has 2 rings (SSSR count). The van der Waals surface area contributed by atoms with Crippen LogP contribution < -0.4 is 15.2 Å². The third-order valence-corrected chi connectivity index (χ3v) is 4.45.